The van der Waals surface area contributed by atoms with Gasteiger partial charge in [-0.3, -0.25) is 4.79 Å². The van der Waals surface area contributed by atoms with Crippen molar-refractivity contribution >= 4 is 21.7 Å². The number of hydrogen-bond acceptors (Lipinski definition) is 1. The maximum absolute atomic E-state index is 12.8. The van der Waals surface area contributed by atoms with Crippen LogP contribution in [0.1, 0.15) is 25.3 Å². The van der Waals surface area contributed by atoms with E-state index >= 15 is 0 Å². The third-order valence-electron chi connectivity index (χ3n) is 2.87. The van der Waals surface area contributed by atoms with Crippen molar-refractivity contribution < 1.29 is 9.18 Å². The van der Waals surface area contributed by atoms with Crippen molar-refractivity contribution in [2.75, 3.05) is 0 Å². The SMILES string of the molecule is CC(=O)C1(c2ccc(F)cc2Br)CC1. The molecule has 0 radical (unpaired) electrons. The molecule has 0 aromatic heterocycles. The first-order valence-electron chi connectivity index (χ1n) is 4.53. The molecule has 1 aliphatic carbocycles. The molecule has 0 saturated heterocycles. The predicted octanol–water partition coefficient (Wildman–Crippen LogP) is 3.21. The second-order valence-electron chi connectivity index (χ2n) is 3.76. The van der Waals surface area contributed by atoms with Crippen LogP contribution >= 0.6 is 15.9 Å². The summed E-state index contributed by atoms with van der Waals surface area (Å²) in [6.45, 7) is 1.60. The molecule has 0 atom stereocenters. The molecular formula is C11H10BrFO. The molecule has 3 heteroatoms. The highest BCUT2D eigenvalue weighted by Crippen LogP contribution is 2.51. The average molecular weight is 257 g/mol. The maximum atomic E-state index is 12.8. The minimum absolute atomic E-state index is 0.171. The Hall–Kier alpha value is -0.700. The van der Waals surface area contributed by atoms with Gasteiger partial charge in [-0.2, -0.15) is 0 Å². The van der Waals surface area contributed by atoms with E-state index in [1.165, 1.54) is 12.1 Å². The fraction of sp³-hybridized carbons (Fsp3) is 0.364. The summed E-state index contributed by atoms with van der Waals surface area (Å²) >= 11 is 3.30. The number of ketones is 1. The van der Waals surface area contributed by atoms with Gasteiger partial charge in [0.2, 0.25) is 0 Å². The van der Waals surface area contributed by atoms with Crippen LogP contribution in [0.5, 0.6) is 0 Å². The van der Waals surface area contributed by atoms with Gasteiger partial charge in [0.15, 0.2) is 0 Å². The van der Waals surface area contributed by atoms with Crippen molar-refractivity contribution in [1.82, 2.24) is 0 Å². The van der Waals surface area contributed by atoms with Crippen molar-refractivity contribution in [2.45, 2.75) is 25.2 Å². The third kappa shape index (κ3) is 1.40. The minimum Gasteiger partial charge on any atom is -0.299 e. The number of Topliss-reactive ketones (excluding diaryl/α,β-unsaturated/α-hetero) is 1. The van der Waals surface area contributed by atoms with Crippen molar-refractivity contribution in [3.8, 4) is 0 Å². The summed E-state index contributed by atoms with van der Waals surface area (Å²) in [7, 11) is 0. The van der Waals surface area contributed by atoms with Crippen LogP contribution < -0.4 is 0 Å². The van der Waals surface area contributed by atoms with Gasteiger partial charge in [-0.15, -0.1) is 0 Å². The Morgan fingerprint density at radius 3 is 2.57 bits per heavy atom. The van der Waals surface area contributed by atoms with E-state index in [1.807, 2.05) is 0 Å². The molecule has 0 N–H and O–H groups in total. The highest BCUT2D eigenvalue weighted by atomic mass is 79.9. The molecule has 1 aliphatic rings. The van der Waals surface area contributed by atoms with Crippen molar-refractivity contribution in [3.63, 3.8) is 0 Å². The van der Waals surface area contributed by atoms with Crippen LogP contribution in [0.2, 0.25) is 0 Å². The Kier molecular flexibility index (Phi) is 2.22. The van der Waals surface area contributed by atoms with E-state index in [-0.39, 0.29) is 17.0 Å². The fourth-order valence-corrected chi connectivity index (χ4v) is 2.54. The van der Waals surface area contributed by atoms with E-state index in [1.54, 1.807) is 13.0 Å². The summed E-state index contributed by atoms with van der Waals surface area (Å²) in [4.78, 5) is 11.5. The number of halogens is 2. The summed E-state index contributed by atoms with van der Waals surface area (Å²) in [5.41, 5.74) is 0.596. The van der Waals surface area contributed by atoms with Gasteiger partial charge in [0.25, 0.3) is 0 Å². The van der Waals surface area contributed by atoms with E-state index < -0.39 is 0 Å². The summed E-state index contributed by atoms with van der Waals surface area (Å²) < 4.78 is 13.5. The third-order valence-corrected chi connectivity index (χ3v) is 3.53. The number of benzene rings is 1. The van der Waals surface area contributed by atoms with Crippen molar-refractivity contribution in [1.29, 1.82) is 0 Å². The van der Waals surface area contributed by atoms with Crippen LogP contribution in [0, 0.1) is 5.82 Å². The van der Waals surface area contributed by atoms with Crippen molar-refractivity contribution in [3.05, 3.63) is 34.1 Å². The Balaban J connectivity index is 2.47. The van der Waals surface area contributed by atoms with Crippen LogP contribution in [0.4, 0.5) is 4.39 Å². The normalized spacial score (nSPS) is 17.9. The molecular weight excluding hydrogens is 247 g/mol. The first-order chi connectivity index (χ1) is 6.56. The maximum Gasteiger partial charge on any atom is 0.140 e. The summed E-state index contributed by atoms with van der Waals surface area (Å²) in [5, 5.41) is 0. The second kappa shape index (κ2) is 3.16. The number of rotatable bonds is 2. The monoisotopic (exact) mass is 256 g/mol. The first-order valence-corrected chi connectivity index (χ1v) is 5.32. The van der Waals surface area contributed by atoms with Crippen LogP contribution in [0.25, 0.3) is 0 Å². The molecule has 1 fully saturated rings. The van der Waals surface area contributed by atoms with E-state index in [0.717, 1.165) is 18.4 Å². The molecule has 1 saturated carbocycles. The zero-order valence-electron chi connectivity index (χ0n) is 7.81. The average Bonchev–Trinajstić information content (AvgIpc) is 2.84. The standard InChI is InChI=1S/C11H10BrFO/c1-7(14)11(4-5-11)9-3-2-8(13)6-10(9)12/h2-3,6H,4-5H2,1H3. The number of carbonyl (C=O) groups is 1. The fourth-order valence-electron chi connectivity index (χ4n) is 1.81. The summed E-state index contributed by atoms with van der Waals surface area (Å²) in [6, 6.07) is 4.52. The lowest BCUT2D eigenvalue weighted by Crippen LogP contribution is -2.17. The molecule has 0 amide bonds. The van der Waals surface area contributed by atoms with Gasteiger partial charge >= 0.3 is 0 Å². The molecule has 0 aliphatic heterocycles. The van der Waals surface area contributed by atoms with Gasteiger partial charge in [-0.1, -0.05) is 22.0 Å². The van der Waals surface area contributed by atoms with E-state index in [4.69, 9.17) is 0 Å². The minimum atomic E-state index is -0.327. The quantitative estimate of drug-likeness (QED) is 0.795. The molecule has 74 valence electrons. The van der Waals surface area contributed by atoms with Gasteiger partial charge < -0.3 is 0 Å². The topological polar surface area (TPSA) is 17.1 Å². The molecule has 0 unspecified atom stereocenters. The lowest BCUT2D eigenvalue weighted by molar-refractivity contribution is -0.119. The van der Waals surface area contributed by atoms with Gasteiger partial charge in [-0.25, -0.2) is 4.39 Å². The largest absolute Gasteiger partial charge is 0.299 e. The van der Waals surface area contributed by atoms with Gasteiger partial charge in [0.1, 0.15) is 11.6 Å². The van der Waals surface area contributed by atoms with Crippen LogP contribution in [0.3, 0.4) is 0 Å². The Labute approximate surface area is 90.4 Å². The lowest BCUT2D eigenvalue weighted by atomic mass is 9.92. The zero-order valence-corrected chi connectivity index (χ0v) is 9.40. The molecule has 1 nitrogen and oxygen atoms in total. The van der Waals surface area contributed by atoms with Crippen molar-refractivity contribution in [2.24, 2.45) is 0 Å². The Bertz CT molecular complexity index is 396. The molecule has 0 bridgehead atoms. The number of carbonyl (C=O) groups excluding carboxylic acids is 1. The molecule has 0 spiro atoms. The molecule has 1 aromatic rings. The predicted molar refractivity (Wildman–Crippen MR) is 55.7 cm³/mol. The van der Waals surface area contributed by atoms with Crippen LogP contribution in [-0.2, 0) is 10.2 Å². The highest BCUT2D eigenvalue weighted by Gasteiger charge is 2.49. The van der Waals surface area contributed by atoms with Gasteiger partial charge in [-0.05, 0) is 37.5 Å². The van der Waals surface area contributed by atoms with Crippen LogP contribution in [-0.4, -0.2) is 5.78 Å². The molecule has 14 heavy (non-hydrogen) atoms. The zero-order chi connectivity index (χ0) is 10.3. The molecule has 2 rings (SSSR count). The second-order valence-corrected chi connectivity index (χ2v) is 4.62. The molecule has 1 aromatic carbocycles. The smallest absolute Gasteiger partial charge is 0.140 e. The first kappa shape index (κ1) is 9.84. The summed E-state index contributed by atoms with van der Waals surface area (Å²) in [5.74, 6) is -0.107. The van der Waals surface area contributed by atoms with Gasteiger partial charge in [0.05, 0.1) is 5.41 Å². The van der Waals surface area contributed by atoms with Crippen LogP contribution in [0.15, 0.2) is 22.7 Å². The van der Waals surface area contributed by atoms with E-state index in [0.29, 0.717) is 4.47 Å². The summed E-state index contributed by atoms with van der Waals surface area (Å²) in [6.07, 6.45) is 1.76. The Morgan fingerprint density at radius 1 is 1.50 bits per heavy atom. The number of hydrogen-bond donors (Lipinski definition) is 0. The Morgan fingerprint density at radius 2 is 2.14 bits per heavy atom. The van der Waals surface area contributed by atoms with Gasteiger partial charge in [0, 0.05) is 4.47 Å². The van der Waals surface area contributed by atoms with E-state index in [9.17, 15) is 9.18 Å². The lowest BCUT2D eigenvalue weighted by Gasteiger charge is -2.13. The highest BCUT2D eigenvalue weighted by molar-refractivity contribution is 9.10. The van der Waals surface area contributed by atoms with E-state index in [2.05, 4.69) is 15.9 Å². The molecule has 0 heterocycles.